The number of anilines is 2. The summed E-state index contributed by atoms with van der Waals surface area (Å²) in [5.41, 5.74) is 4.32. The number of benzene rings is 2. The molecule has 0 radical (unpaired) electrons. The molecule has 6 rings (SSSR count). The standard InChI is InChI=1S/C29H28N2O4S/c1-34-24-12-11-18(16-25(24)35-2)19-14-21-27(23(32)15-19)28(26-8-5-13-36-26)31(29(33)17-9-10-17)22-7-4-3-6-20(22)30-21/h3-8,11-13,16-17,19,28,30H,9-10,14-15H2,1-2H3/t19-,28+/m1/s1. The third kappa shape index (κ3) is 3.88. The molecule has 1 aliphatic heterocycles. The zero-order valence-corrected chi connectivity index (χ0v) is 21.1. The third-order valence-electron chi connectivity index (χ3n) is 7.34. The summed E-state index contributed by atoms with van der Waals surface area (Å²) in [6.45, 7) is 0. The van der Waals surface area contributed by atoms with Gasteiger partial charge in [0, 0.05) is 28.5 Å². The van der Waals surface area contributed by atoms with Crippen molar-refractivity contribution in [2.24, 2.45) is 5.92 Å². The molecule has 0 spiro atoms. The van der Waals surface area contributed by atoms with Gasteiger partial charge in [-0.25, -0.2) is 0 Å². The SMILES string of the molecule is COc1ccc([C@H]2CC(=O)C3=C(C2)Nc2ccccc2N(C(=O)C2CC2)[C@H]3c2cccs2)cc1OC. The van der Waals surface area contributed by atoms with Crippen molar-refractivity contribution in [2.45, 2.75) is 37.6 Å². The van der Waals surface area contributed by atoms with Crippen molar-refractivity contribution >= 4 is 34.4 Å². The zero-order chi connectivity index (χ0) is 24.8. The summed E-state index contributed by atoms with van der Waals surface area (Å²) in [7, 11) is 3.24. The number of ketones is 1. The van der Waals surface area contributed by atoms with Crippen LogP contribution in [-0.4, -0.2) is 25.9 Å². The summed E-state index contributed by atoms with van der Waals surface area (Å²) >= 11 is 1.59. The number of allylic oxidation sites excluding steroid dienone is 1. The Balaban J connectivity index is 1.48. The Kier molecular flexibility index (Phi) is 5.80. The Morgan fingerprint density at radius 3 is 2.53 bits per heavy atom. The molecule has 184 valence electrons. The number of nitrogens with one attached hydrogen (secondary N) is 1. The van der Waals surface area contributed by atoms with Gasteiger partial charge in [0.1, 0.15) is 6.04 Å². The van der Waals surface area contributed by atoms with E-state index in [4.69, 9.17) is 9.47 Å². The maximum atomic E-state index is 14.0. The number of hydrogen-bond donors (Lipinski definition) is 1. The number of ether oxygens (including phenoxy) is 2. The van der Waals surface area contributed by atoms with Gasteiger partial charge in [-0.1, -0.05) is 24.3 Å². The highest BCUT2D eigenvalue weighted by Gasteiger charge is 2.45. The molecule has 2 aliphatic carbocycles. The molecule has 0 unspecified atom stereocenters. The molecule has 1 aromatic heterocycles. The van der Waals surface area contributed by atoms with Gasteiger partial charge in [0.25, 0.3) is 0 Å². The van der Waals surface area contributed by atoms with Crippen molar-refractivity contribution in [1.82, 2.24) is 0 Å². The highest BCUT2D eigenvalue weighted by molar-refractivity contribution is 7.10. The zero-order valence-electron chi connectivity index (χ0n) is 20.3. The average Bonchev–Trinajstić information content (AvgIpc) is 3.64. The van der Waals surface area contributed by atoms with Gasteiger partial charge in [-0.05, 0) is 66.5 Å². The first kappa shape index (κ1) is 22.9. The minimum atomic E-state index is -0.428. The highest BCUT2D eigenvalue weighted by atomic mass is 32.1. The number of carbonyl (C=O) groups is 2. The van der Waals surface area contributed by atoms with Crippen LogP contribution in [0.25, 0.3) is 0 Å². The Hall–Kier alpha value is -3.58. The number of thiophene rings is 1. The van der Waals surface area contributed by atoms with Gasteiger partial charge >= 0.3 is 0 Å². The monoisotopic (exact) mass is 500 g/mol. The average molecular weight is 501 g/mol. The molecule has 0 bridgehead atoms. The van der Waals surface area contributed by atoms with E-state index in [0.29, 0.717) is 29.9 Å². The molecule has 1 amide bonds. The van der Waals surface area contributed by atoms with Crippen LogP contribution in [0.1, 0.15) is 48.1 Å². The van der Waals surface area contributed by atoms with Gasteiger partial charge in [0.05, 0.1) is 25.6 Å². The van der Waals surface area contributed by atoms with E-state index in [2.05, 4.69) is 5.32 Å². The number of hydrogen-bond acceptors (Lipinski definition) is 6. The first-order chi connectivity index (χ1) is 17.6. The van der Waals surface area contributed by atoms with Crippen LogP contribution in [0.2, 0.25) is 0 Å². The maximum Gasteiger partial charge on any atom is 0.231 e. The lowest BCUT2D eigenvalue weighted by atomic mass is 9.79. The Bertz CT molecular complexity index is 1360. The van der Waals surface area contributed by atoms with Crippen molar-refractivity contribution in [1.29, 1.82) is 0 Å². The van der Waals surface area contributed by atoms with Crippen LogP contribution in [0.4, 0.5) is 11.4 Å². The van der Waals surface area contributed by atoms with E-state index in [9.17, 15) is 9.59 Å². The van der Waals surface area contributed by atoms with Crippen molar-refractivity contribution in [3.05, 3.63) is 81.7 Å². The quantitative estimate of drug-likeness (QED) is 0.460. The first-order valence-electron chi connectivity index (χ1n) is 12.3. The number of nitrogens with zero attached hydrogens (tertiary/aromatic N) is 1. The molecule has 6 nitrogen and oxygen atoms in total. The Labute approximate surface area is 214 Å². The van der Waals surface area contributed by atoms with E-state index < -0.39 is 6.04 Å². The number of Topliss-reactive ketones (excluding diaryl/α,β-unsaturated/α-hetero) is 1. The van der Waals surface area contributed by atoms with E-state index in [1.807, 2.05) is 64.9 Å². The lowest BCUT2D eigenvalue weighted by Gasteiger charge is -2.34. The normalized spacial score (nSPS) is 21.3. The number of carbonyl (C=O) groups excluding carboxylic acids is 2. The Morgan fingerprint density at radius 1 is 1.00 bits per heavy atom. The Morgan fingerprint density at radius 2 is 1.81 bits per heavy atom. The van der Waals surface area contributed by atoms with Gasteiger partial charge in [-0.3, -0.25) is 14.5 Å². The molecule has 2 heterocycles. The van der Waals surface area contributed by atoms with E-state index >= 15 is 0 Å². The summed E-state index contributed by atoms with van der Waals surface area (Å²) < 4.78 is 10.9. The molecule has 2 aromatic carbocycles. The second-order valence-corrected chi connectivity index (χ2v) is 10.6. The lowest BCUT2D eigenvalue weighted by molar-refractivity contribution is -0.120. The molecule has 36 heavy (non-hydrogen) atoms. The van der Waals surface area contributed by atoms with Gasteiger partial charge in [-0.15, -0.1) is 11.3 Å². The van der Waals surface area contributed by atoms with Gasteiger partial charge in [-0.2, -0.15) is 0 Å². The fourth-order valence-electron chi connectivity index (χ4n) is 5.42. The second-order valence-electron chi connectivity index (χ2n) is 9.58. The molecular weight excluding hydrogens is 472 g/mol. The summed E-state index contributed by atoms with van der Waals surface area (Å²) in [6.07, 6.45) is 2.85. The number of rotatable bonds is 5. The van der Waals surface area contributed by atoms with Gasteiger partial charge in [0.2, 0.25) is 5.91 Å². The van der Waals surface area contributed by atoms with E-state index in [-0.39, 0.29) is 23.5 Å². The first-order valence-corrected chi connectivity index (χ1v) is 13.2. The van der Waals surface area contributed by atoms with Crippen molar-refractivity contribution < 1.29 is 19.1 Å². The third-order valence-corrected chi connectivity index (χ3v) is 8.27. The molecule has 1 fully saturated rings. The number of amides is 1. The van der Waals surface area contributed by atoms with Crippen LogP contribution >= 0.6 is 11.3 Å². The molecule has 3 aromatic rings. The summed E-state index contributed by atoms with van der Waals surface area (Å²) in [6, 6.07) is 17.4. The van der Waals surface area contributed by atoms with Crippen LogP contribution < -0.4 is 19.7 Å². The molecular formula is C29H28N2O4S. The van der Waals surface area contributed by atoms with E-state index in [0.717, 1.165) is 40.4 Å². The minimum Gasteiger partial charge on any atom is -0.493 e. The lowest BCUT2D eigenvalue weighted by Crippen LogP contribution is -2.39. The van der Waals surface area contributed by atoms with Gasteiger partial charge in [0.15, 0.2) is 17.3 Å². The molecule has 2 atom stereocenters. The highest BCUT2D eigenvalue weighted by Crippen LogP contribution is 2.50. The maximum absolute atomic E-state index is 14.0. The van der Waals surface area contributed by atoms with Crippen molar-refractivity contribution in [2.75, 3.05) is 24.4 Å². The van der Waals surface area contributed by atoms with Crippen LogP contribution in [0.5, 0.6) is 11.5 Å². The number of methoxy groups -OCH3 is 2. The predicted octanol–water partition coefficient (Wildman–Crippen LogP) is 6.08. The predicted molar refractivity (Wildman–Crippen MR) is 141 cm³/mol. The summed E-state index contributed by atoms with van der Waals surface area (Å²) in [5, 5.41) is 5.61. The van der Waals surface area contributed by atoms with E-state index in [1.54, 1.807) is 25.6 Å². The minimum absolute atomic E-state index is 0.00890. The van der Waals surface area contributed by atoms with Crippen LogP contribution in [0.3, 0.4) is 0 Å². The second kappa shape index (κ2) is 9.13. The molecule has 3 aliphatic rings. The molecule has 0 saturated heterocycles. The van der Waals surface area contributed by atoms with Crippen LogP contribution in [0.15, 0.2) is 71.2 Å². The number of fused-ring (bicyclic) bond motifs is 1. The fraction of sp³-hybridized carbons (Fsp3) is 0.310. The fourth-order valence-corrected chi connectivity index (χ4v) is 6.24. The smallest absolute Gasteiger partial charge is 0.231 e. The molecule has 1 saturated carbocycles. The summed E-state index contributed by atoms with van der Waals surface area (Å²) in [4.78, 5) is 30.6. The number of para-hydroxylation sites is 2. The summed E-state index contributed by atoms with van der Waals surface area (Å²) in [5.74, 6) is 1.51. The van der Waals surface area contributed by atoms with E-state index in [1.165, 1.54) is 0 Å². The van der Waals surface area contributed by atoms with Gasteiger partial charge < -0.3 is 14.8 Å². The topological polar surface area (TPSA) is 67.9 Å². The molecule has 7 heteroatoms. The van der Waals surface area contributed by atoms with Crippen LogP contribution in [0, 0.1) is 5.92 Å². The van der Waals surface area contributed by atoms with Crippen molar-refractivity contribution in [3.8, 4) is 11.5 Å². The molecule has 1 N–H and O–H groups in total. The largest absolute Gasteiger partial charge is 0.493 e. The van der Waals surface area contributed by atoms with Crippen LogP contribution in [-0.2, 0) is 9.59 Å². The van der Waals surface area contributed by atoms with Crippen molar-refractivity contribution in [3.63, 3.8) is 0 Å².